The zero-order chi connectivity index (χ0) is 13.1. The smallest absolute Gasteiger partial charge is 0.123 e. The lowest BCUT2D eigenvalue weighted by molar-refractivity contribution is -0.0799. The Morgan fingerprint density at radius 1 is 1.39 bits per heavy atom. The molecule has 0 saturated carbocycles. The molecule has 1 aliphatic rings. The molecule has 100 valence electrons. The molecule has 0 spiro atoms. The van der Waals surface area contributed by atoms with Crippen molar-refractivity contribution in [3.8, 4) is 0 Å². The van der Waals surface area contributed by atoms with Gasteiger partial charge in [-0.2, -0.15) is 0 Å². The maximum absolute atomic E-state index is 13.3. The molecule has 2 N–H and O–H groups in total. The van der Waals surface area contributed by atoms with Gasteiger partial charge in [0.25, 0.3) is 0 Å². The highest BCUT2D eigenvalue weighted by Gasteiger charge is 2.28. The van der Waals surface area contributed by atoms with Gasteiger partial charge < -0.3 is 10.5 Å². The summed E-state index contributed by atoms with van der Waals surface area (Å²) >= 11 is 0. The largest absolute Gasteiger partial charge is 0.373 e. The molecule has 1 heterocycles. The summed E-state index contributed by atoms with van der Waals surface area (Å²) in [7, 11) is 0. The van der Waals surface area contributed by atoms with E-state index in [-0.39, 0.29) is 24.1 Å². The summed E-state index contributed by atoms with van der Waals surface area (Å²) in [4.78, 5) is 2.29. The Morgan fingerprint density at radius 3 is 2.61 bits per heavy atom. The molecule has 18 heavy (non-hydrogen) atoms. The zero-order valence-electron chi connectivity index (χ0n) is 11.0. The van der Waals surface area contributed by atoms with Crippen molar-refractivity contribution in [3.05, 3.63) is 35.6 Å². The van der Waals surface area contributed by atoms with E-state index in [0.717, 1.165) is 18.7 Å². The first-order valence-corrected chi connectivity index (χ1v) is 6.45. The number of nitrogens with zero attached hydrogens (tertiary/aromatic N) is 1. The van der Waals surface area contributed by atoms with Crippen LogP contribution >= 0.6 is 0 Å². The van der Waals surface area contributed by atoms with E-state index in [9.17, 15) is 4.39 Å². The lowest BCUT2D eigenvalue weighted by atomic mass is 10.0. The maximum atomic E-state index is 13.3. The van der Waals surface area contributed by atoms with Crippen LogP contribution in [0.15, 0.2) is 24.3 Å². The molecule has 4 heteroatoms. The number of rotatable bonds is 3. The number of halogens is 1. The van der Waals surface area contributed by atoms with Crippen LogP contribution in [0.2, 0.25) is 0 Å². The van der Waals surface area contributed by atoms with Gasteiger partial charge in [0, 0.05) is 25.7 Å². The third kappa shape index (κ3) is 3.07. The molecule has 0 bridgehead atoms. The van der Waals surface area contributed by atoms with E-state index >= 15 is 0 Å². The minimum Gasteiger partial charge on any atom is -0.373 e. The fourth-order valence-electron chi connectivity index (χ4n) is 2.68. The topological polar surface area (TPSA) is 38.5 Å². The third-order valence-electron chi connectivity index (χ3n) is 3.35. The van der Waals surface area contributed by atoms with E-state index < -0.39 is 0 Å². The Hall–Kier alpha value is -0.970. The van der Waals surface area contributed by atoms with Gasteiger partial charge in [0.15, 0.2) is 0 Å². The second-order valence-corrected chi connectivity index (χ2v) is 5.02. The molecule has 2 rings (SSSR count). The summed E-state index contributed by atoms with van der Waals surface area (Å²) in [5, 5.41) is 0. The minimum absolute atomic E-state index is 0.0644. The molecule has 0 aliphatic carbocycles. The van der Waals surface area contributed by atoms with Crippen molar-refractivity contribution >= 4 is 0 Å². The molecule has 1 aliphatic heterocycles. The van der Waals surface area contributed by atoms with Crippen LogP contribution in [0.1, 0.15) is 25.5 Å². The van der Waals surface area contributed by atoms with Gasteiger partial charge in [0.05, 0.1) is 12.2 Å². The Kier molecular flexibility index (Phi) is 4.32. The summed E-state index contributed by atoms with van der Waals surface area (Å²) in [5.74, 6) is -0.208. The van der Waals surface area contributed by atoms with Crippen LogP contribution in [0.3, 0.4) is 0 Å². The fourth-order valence-corrected chi connectivity index (χ4v) is 2.68. The number of morpholine rings is 1. The Balaban J connectivity index is 2.17. The second kappa shape index (κ2) is 5.78. The first-order valence-electron chi connectivity index (χ1n) is 6.45. The van der Waals surface area contributed by atoms with Crippen LogP contribution in [0.5, 0.6) is 0 Å². The molecule has 0 radical (unpaired) electrons. The Bertz CT molecular complexity index is 389. The Labute approximate surface area is 108 Å². The van der Waals surface area contributed by atoms with E-state index in [2.05, 4.69) is 18.7 Å². The van der Waals surface area contributed by atoms with Crippen LogP contribution in [0.4, 0.5) is 4.39 Å². The van der Waals surface area contributed by atoms with E-state index in [1.54, 1.807) is 12.1 Å². The van der Waals surface area contributed by atoms with Gasteiger partial charge in [-0.15, -0.1) is 0 Å². The highest BCUT2D eigenvalue weighted by molar-refractivity contribution is 5.21. The summed E-state index contributed by atoms with van der Waals surface area (Å²) < 4.78 is 19.0. The molecule has 3 nitrogen and oxygen atoms in total. The summed E-state index contributed by atoms with van der Waals surface area (Å²) in [6.45, 7) is 6.28. The summed E-state index contributed by atoms with van der Waals surface area (Å²) in [5.41, 5.74) is 6.82. The number of nitrogens with two attached hydrogens (primary N) is 1. The van der Waals surface area contributed by atoms with Crippen LogP contribution in [0, 0.1) is 5.82 Å². The zero-order valence-corrected chi connectivity index (χ0v) is 11.0. The molecule has 1 fully saturated rings. The van der Waals surface area contributed by atoms with Crippen molar-refractivity contribution in [1.29, 1.82) is 0 Å². The van der Waals surface area contributed by atoms with E-state index in [1.807, 2.05) is 6.07 Å². The van der Waals surface area contributed by atoms with Gasteiger partial charge in [-0.1, -0.05) is 12.1 Å². The molecule has 1 saturated heterocycles. The number of ether oxygens (including phenoxy) is 1. The normalized spacial score (nSPS) is 27.1. The molecule has 0 amide bonds. The fraction of sp³-hybridized carbons (Fsp3) is 0.571. The SMILES string of the molecule is C[C@@H]1CN([C@@H](CN)c2cccc(F)c2)C[C@H](C)O1. The van der Waals surface area contributed by atoms with Crippen LogP contribution in [-0.2, 0) is 4.74 Å². The minimum atomic E-state index is -0.208. The summed E-state index contributed by atoms with van der Waals surface area (Å²) in [6, 6.07) is 6.77. The predicted octanol–water partition coefficient (Wildman–Crippen LogP) is 1.93. The average Bonchev–Trinajstić information content (AvgIpc) is 2.28. The molecule has 0 unspecified atom stereocenters. The van der Waals surface area contributed by atoms with E-state index in [0.29, 0.717) is 6.54 Å². The van der Waals surface area contributed by atoms with Gasteiger partial charge in [-0.3, -0.25) is 4.90 Å². The molecule has 1 aromatic rings. The first-order chi connectivity index (χ1) is 8.60. The molecule has 3 atom stereocenters. The van der Waals surface area contributed by atoms with Gasteiger partial charge >= 0.3 is 0 Å². The third-order valence-corrected chi connectivity index (χ3v) is 3.35. The second-order valence-electron chi connectivity index (χ2n) is 5.02. The quantitative estimate of drug-likeness (QED) is 0.893. The predicted molar refractivity (Wildman–Crippen MR) is 69.8 cm³/mol. The van der Waals surface area contributed by atoms with Crippen molar-refractivity contribution in [3.63, 3.8) is 0 Å². The van der Waals surface area contributed by atoms with Crippen LogP contribution in [0.25, 0.3) is 0 Å². The maximum Gasteiger partial charge on any atom is 0.123 e. The van der Waals surface area contributed by atoms with Crippen LogP contribution < -0.4 is 5.73 Å². The molecular weight excluding hydrogens is 231 g/mol. The Morgan fingerprint density at radius 2 is 2.06 bits per heavy atom. The molecule has 1 aromatic carbocycles. The van der Waals surface area contributed by atoms with Crippen molar-refractivity contribution in [2.45, 2.75) is 32.1 Å². The van der Waals surface area contributed by atoms with Crippen molar-refractivity contribution in [1.82, 2.24) is 4.90 Å². The first kappa shape index (κ1) is 13.5. The average molecular weight is 252 g/mol. The number of hydrogen-bond acceptors (Lipinski definition) is 3. The number of benzene rings is 1. The highest BCUT2D eigenvalue weighted by atomic mass is 19.1. The molecular formula is C14H21FN2O. The van der Waals surface area contributed by atoms with Crippen molar-refractivity contribution in [2.75, 3.05) is 19.6 Å². The highest BCUT2D eigenvalue weighted by Crippen LogP contribution is 2.24. The lowest BCUT2D eigenvalue weighted by Gasteiger charge is -2.40. The number of hydrogen-bond donors (Lipinski definition) is 1. The standard InChI is InChI=1S/C14H21FN2O/c1-10-8-17(9-11(2)18-10)14(7-16)12-4-3-5-13(15)6-12/h3-6,10-11,14H,7-9,16H2,1-2H3/t10-,11+,14-/m0/s1. The van der Waals surface area contributed by atoms with Gasteiger partial charge in [0.2, 0.25) is 0 Å². The molecule has 0 aromatic heterocycles. The van der Waals surface area contributed by atoms with Crippen molar-refractivity contribution < 1.29 is 9.13 Å². The lowest BCUT2D eigenvalue weighted by Crippen LogP contribution is -2.48. The van der Waals surface area contributed by atoms with Crippen molar-refractivity contribution in [2.24, 2.45) is 5.73 Å². The van der Waals surface area contributed by atoms with Gasteiger partial charge in [0.1, 0.15) is 5.82 Å². The van der Waals surface area contributed by atoms with E-state index in [4.69, 9.17) is 10.5 Å². The monoisotopic (exact) mass is 252 g/mol. The van der Waals surface area contributed by atoms with Gasteiger partial charge in [-0.05, 0) is 31.5 Å². The van der Waals surface area contributed by atoms with Gasteiger partial charge in [-0.25, -0.2) is 4.39 Å². The van der Waals surface area contributed by atoms with E-state index in [1.165, 1.54) is 6.07 Å². The van der Waals surface area contributed by atoms with Crippen LogP contribution in [-0.4, -0.2) is 36.7 Å². The summed E-state index contributed by atoms with van der Waals surface area (Å²) in [6.07, 6.45) is 0.382.